The third-order valence-corrected chi connectivity index (χ3v) is 5.48. The van der Waals surface area contributed by atoms with E-state index in [-0.39, 0.29) is 12.1 Å². The van der Waals surface area contributed by atoms with E-state index in [2.05, 4.69) is 19.1 Å². The average Bonchev–Trinajstić information content (AvgIpc) is 3.52. The molecule has 0 aromatic carbocycles. The fraction of sp³-hybridized carbons (Fsp3) is 0.880. The lowest BCUT2D eigenvalue weighted by atomic mass is 10.1. The van der Waals surface area contributed by atoms with Crippen LogP contribution in [-0.4, -0.2) is 25.3 Å². The maximum absolute atomic E-state index is 11.5. The van der Waals surface area contributed by atoms with E-state index in [4.69, 9.17) is 9.47 Å². The second-order valence-electron chi connectivity index (χ2n) is 8.39. The van der Waals surface area contributed by atoms with E-state index in [1.807, 2.05) is 0 Å². The molecule has 1 atom stereocenters. The first kappa shape index (κ1) is 25.2. The third-order valence-electron chi connectivity index (χ3n) is 5.48. The summed E-state index contributed by atoms with van der Waals surface area (Å²) < 4.78 is 10.2. The standard InChI is InChI=1S/C25H46O3/c1-2-3-4-5-6-7-8-9-10-11-12-13-14-15-16-17-18-19-20-21-25(26)28-23-24-22-27-24/h9-10,24H,2-8,11-23H2,1H3. The maximum Gasteiger partial charge on any atom is 0.305 e. The van der Waals surface area contributed by atoms with Crippen molar-refractivity contribution in [2.75, 3.05) is 13.2 Å². The molecule has 0 amide bonds. The van der Waals surface area contributed by atoms with E-state index in [9.17, 15) is 4.79 Å². The molecule has 0 spiro atoms. The molecule has 0 aromatic rings. The topological polar surface area (TPSA) is 38.8 Å². The number of epoxide rings is 1. The SMILES string of the molecule is CCCCCCCCC=CCCCCCCCCCCCC(=O)OCC1CO1. The number of hydrogen-bond donors (Lipinski definition) is 0. The van der Waals surface area contributed by atoms with Crippen molar-refractivity contribution in [3.05, 3.63) is 12.2 Å². The Balaban J connectivity index is 1.68. The van der Waals surface area contributed by atoms with Gasteiger partial charge in [0.1, 0.15) is 12.7 Å². The molecule has 1 aliphatic heterocycles. The van der Waals surface area contributed by atoms with Crippen molar-refractivity contribution in [3.63, 3.8) is 0 Å². The Bertz CT molecular complexity index is 374. The van der Waals surface area contributed by atoms with Gasteiger partial charge in [0.2, 0.25) is 0 Å². The Morgan fingerprint density at radius 2 is 1.25 bits per heavy atom. The first-order valence-electron chi connectivity index (χ1n) is 12.2. The summed E-state index contributed by atoms with van der Waals surface area (Å²) in [5, 5.41) is 0. The zero-order chi connectivity index (χ0) is 20.1. The van der Waals surface area contributed by atoms with Gasteiger partial charge in [0.25, 0.3) is 0 Å². The molecule has 0 bridgehead atoms. The van der Waals surface area contributed by atoms with Gasteiger partial charge in [-0.05, 0) is 32.1 Å². The predicted octanol–water partition coefficient (Wildman–Crippen LogP) is 7.53. The Kier molecular flexibility index (Phi) is 17.5. The molecule has 1 heterocycles. The number of ether oxygens (including phenoxy) is 2. The van der Waals surface area contributed by atoms with Gasteiger partial charge in [0.05, 0.1) is 6.61 Å². The molecule has 1 unspecified atom stereocenters. The highest BCUT2D eigenvalue weighted by Gasteiger charge is 2.23. The van der Waals surface area contributed by atoms with Gasteiger partial charge in [0, 0.05) is 6.42 Å². The van der Waals surface area contributed by atoms with Crippen molar-refractivity contribution >= 4 is 5.97 Å². The van der Waals surface area contributed by atoms with E-state index < -0.39 is 0 Å². The van der Waals surface area contributed by atoms with Gasteiger partial charge >= 0.3 is 5.97 Å². The highest BCUT2D eigenvalue weighted by molar-refractivity contribution is 5.69. The van der Waals surface area contributed by atoms with Gasteiger partial charge in [-0.1, -0.05) is 96.1 Å². The zero-order valence-corrected chi connectivity index (χ0v) is 18.6. The van der Waals surface area contributed by atoms with E-state index in [1.165, 1.54) is 96.3 Å². The normalized spacial score (nSPS) is 16.0. The highest BCUT2D eigenvalue weighted by atomic mass is 16.6. The summed E-state index contributed by atoms with van der Waals surface area (Å²) in [6.07, 6.45) is 27.9. The lowest BCUT2D eigenvalue weighted by Gasteiger charge is -2.03. The van der Waals surface area contributed by atoms with Gasteiger partial charge < -0.3 is 9.47 Å². The molecule has 1 saturated heterocycles. The lowest BCUT2D eigenvalue weighted by molar-refractivity contribution is -0.144. The highest BCUT2D eigenvalue weighted by Crippen LogP contribution is 2.13. The summed E-state index contributed by atoms with van der Waals surface area (Å²) in [6.45, 7) is 3.48. The molecule has 0 aliphatic carbocycles. The van der Waals surface area contributed by atoms with Crippen molar-refractivity contribution in [2.45, 2.75) is 129 Å². The van der Waals surface area contributed by atoms with Gasteiger partial charge in [-0.2, -0.15) is 0 Å². The van der Waals surface area contributed by atoms with E-state index in [1.54, 1.807) is 0 Å². The molecule has 1 rings (SSSR count). The smallest absolute Gasteiger partial charge is 0.305 e. The van der Waals surface area contributed by atoms with E-state index in [0.29, 0.717) is 13.0 Å². The molecule has 164 valence electrons. The summed E-state index contributed by atoms with van der Waals surface area (Å²) >= 11 is 0. The van der Waals surface area contributed by atoms with Crippen LogP contribution in [0.1, 0.15) is 122 Å². The molecule has 0 radical (unpaired) electrons. The van der Waals surface area contributed by atoms with Crippen molar-refractivity contribution in [2.24, 2.45) is 0 Å². The van der Waals surface area contributed by atoms with Crippen LogP contribution in [0.2, 0.25) is 0 Å². The van der Waals surface area contributed by atoms with Crippen LogP contribution in [0.5, 0.6) is 0 Å². The summed E-state index contributed by atoms with van der Waals surface area (Å²) in [7, 11) is 0. The lowest BCUT2D eigenvalue weighted by Crippen LogP contribution is -2.09. The minimum atomic E-state index is -0.0588. The van der Waals surface area contributed by atoms with Crippen molar-refractivity contribution in [3.8, 4) is 0 Å². The van der Waals surface area contributed by atoms with Gasteiger partial charge in [-0.15, -0.1) is 0 Å². The Labute approximate surface area is 174 Å². The first-order chi connectivity index (χ1) is 13.8. The van der Waals surface area contributed by atoms with Crippen molar-refractivity contribution in [1.82, 2.24) is 0 Å². The van der Waals surface area contributed by atoms with Gasteiger partial charge in [0.15, 0.2) is 0 Å². The predicted molar refractivity (Wildman–Crippen MR) is 119 cm³/mol. The summed E-state index contributed by atoms with van der Waals surface area (Å²) in [4.78, 5) is 11.5. The number of unbranched alkanes of at least 4 members (excludes halogenated alkanes) is 15. The van der Waals surface area contributed by atoms with Gasteiger partial charge in [-0.25, -0.2) is 0 Å². The molecule has 0 saturated carbocycles. The van der Waals surface area contributed by atoms with Gasteiger partial charge in [-0.3, -0.25) is 4.79 Å². The molecule has 1 aliphatic rings. The quantitative estimate of drug-likeness (QED) is 0.0874. The Hall–Kier alpha value is -0.830. The molecule has 0 aromatic heterocycles. The fourth-order valence-electron chi connectivity index (χ4n) is 3.47. The molecule has 3 nitrogen and oxygen atoms in total. The van der Waals surface area contributed by atoms with Crippen LogP contribution in [0.25, 0.3) is 0 Å². The number of carbonyl (C=O) groups is 1. The molecule has 28 heavy (non-hydrogen) atoms. The maximum atomic E-state index is 11.5. The van der Waals surface area contributed by atoms with E-state index in [0.717, 1.165) is 19.4 Å². The number of hydrogen-bond acceptors (Lipinski definition) is 3. The molecular formula is C25H46O3. The zero-order valence-electron chi connectivity index (χ0n) is 18.6. The number of carbonyl (C=O) groups excluding carboxylic acids is 1. The monoisotopic (exact) mass is 394 g/mol. The molecule has 1 fully saturated rings. The van der Waals surface area contributed by atoms with Crippen LogP contribution in [0.3, 0.4) is 0 Å². The number of esters is 1. The van der Waals surface area contributed by atoms with Crippen LogP contribution in [0, 0.1) is 0 Å². The third kappa shape index (κ3) is 18.5. The number of rotatable bonds is 21. The second kappa shape index (κ2) is 19.5. The van der Waals surface area contributed by atoms with E-state index >= 15 is 0 Å². The van der Waals surface area contributed by atoms with Crippen molar-refractivity contribution < 1.29 is 14.3 Å². The molecule has 0 N–H and O–H groups in total. The van der Waals surface area contributed by atoms with Crippen LogP contribution >= 0.6 is 0 Å². The second-order valence-corrected chi connectivity index (χ2v) is 8.39. The first-order valence-corrected chi connectivity index (χ1v) is 12.2. The molecule has 3 heteroatoms. The summed E-state index contributed by atoms with van der Waals surface area (Å²) in [6, 6.07) is 0. The van der Waals surface area contributed by atoms with Crippen molar-refractivity contribution in [1.29, 1.82) is 0 Å². The largest absolute Gasteiger partial charge is 0.463 e. The van der Waals surface area contributed by atoms with Crippen LogP contribution in [-0.2, 0) is 14.3 Å². The minimum absolute atomic E-state index is 0.0588. The summed E-state index contributed by atoms with van der Waals surface area (Å²) in [5.74, 6) is -0.0588. The van der Waals surface area contributed by atoms with Crippen LogP contribution in [0.15, 0.2) is 12.2 Å². The van der Waals surface area contributed by atoms with Crippen LogP contribution < -0.4 is 0 Å². The number of allylic oxidation sites excluding steroid dienone is 2. The molecular weight excluding hydrogens is 348 g/mol. The summed E-state index contributed by atoms with van der Waals surface area (Å²) in [5.41, 5.74) is 0. The Morgan fingerprint density at radius 1 is 0.786 bits per heavy atom. The Morgan fingerprint density at radius 3 is 1.75 bits per heavy atom. The fourth-order valence-corrected chi connectivity index (χ4v) is 3.47. The average molecular weight is 395 g/mol. The van der Waals surface area contributed by atoms with Crippen LogP contribution in [0.4, 0.5) is 0 Å². The minimum Gasteiger partial charge on any atom is -0.463 e.